The van der Waals surface area contributed by atoms with Crippen LogP contribution in [0.25, 0.3) is 11.3 Å². The van der Waals surface area contributed by atoms with E-state index in [9.17, 15) is 21.6 Å². The molecular formula is C13H15N3O5S3. The molecule has 0 aliphatic carbocycles. The highest BCUT2D eigenvalue weighted by molar-refractivity contribution is 8.09. The van der Waals surface area contributed by atoms with E-state index in [0.29, 0.717) is 20.1 Å². The van der Waals surface area contributed by atoms with Crippen molar-refractivity contribution in [3.8, 4) is 11.3 Å². The van der Waals surface area contributed by atoms with Crippen LogP contribution in [0.1, 0.15) is 6.92 Å². The molecule has 0 saturated heterocycles. The lowest BCUT2D eigenvalue weighted by molar-refractivity contribution is -0.114. The largest absolute Gasteiger partial charge is 0.302 e. The fourth-order valence-corrected chi connectivity index (χ4v) is 5.75. The molecule has 1 heterocycles. The van der Waals surface area contributed by atoms with Gasteiger partial charge in [-0.25, -0.2) is 21.8 Å². The number of amides is 1. The molecule has 0 radical (unpaired) electrons. The Bertz CT molecular complexity index is 948. The number of benzene rings is 1. The molecule has 2 aromatic rings. The van der Waals surface area contributed by atoms with E-state index >= 15 is 0 Å². The van der Waals surface area contributed by atoms with E-state index in [0.717, 1.165) is 12.5 Å². The van der Waals surface area contributed by atoms with Crippen LogP contribution in [0, 0.1) is 0 Å². The normalized spacial score (nSPS) is 12.0. The summed E-state index contributed by atoms with van der Waals surface area (Å²) in [4.78, 5) is 15.3. The second-order valence-electron chi connectivity index (χ2n) is 4.99. The molecule has 0 spiro atoms. The van der Waals surface area contributed by atoms with E-state index in [4.69, 9.17) is 0 Å². The van der Waals surface area contributed by atoms with Gasteiger partial charge in [0.05, 0.1) is 23.9 Å². The number of sulfonamides is 2. The zero-order chi connectivity index (χ0) is 18.1. The van der Waals surface area contributed by atoms with E-state index in [1.54, 1.807) is 11.4 Å². The van der Waals surface area contributed by atoms with Crippen LogP contribution in [0.5, 0.6) is 0 Å². The molecule has 1 N–H and O–H groups in total. The zero-order valence-corrected chi connectivity index (χ0v) is 15.5. The Morgan fingerprint density at radius 2 is 1.79 bits per heavy atom. The molecule has 24 heavy (non-hydrogen) atoms. The van der Waals surface area contributed by atoms with E-state index in [2.05, 4.69) is 10.3 Å². The Morgan fingerprint density at radius 3 is 2.33 bits per heavy atom. The highest BCUT2D eigenvalue weighted by atomic mass is 32.3. The van der Waals surface area contributed by atoms with Gasteiger partial charge in [-0.1, -0.05) is 12.1 Å². The van der Waals surface area contributed by atoms with Crippen LogP contribution in [0.2, 0.25) is 0 Å². The molecule has 0 fully saturated rings. The van der Waals surface area contributed by atoms with Crippen molar-refractivity contribution >= 4 is 48.1 Å². The summed E-state index contributed by atoms with van der Waals surface area (Å²) < 4.78 is 47.7. The number of anilines is 2. The number of carbonyl (C=O) groups excluding carboxylic acids is 1. The first-order valence-electron chi connectivity index (χ1n) is 6.52. The number of rotatable bonds is 5. The van der Waals surface area contributed by atoms with E-state index in [-0.39, 0.29) is 11.6 Å². The Kier molecular flexibility index (Phi) is 4.97. The molecule has 0 saturated carbocycles. The number of thiazole rings is 1. The SMILES string of the molecule is CC(=O)Nc1nc(-c2cccc(N(S(C)(=O)=O)S(C)(=O)=O)c2)cs1. The summed E-state index contributed by atoms with van der Waals surface area (Å²) in [6.07, 6.45) is 1.64. The number of nitrogens with zero attached hydrogens (tertiary/aromatic N) is 2. The van der Waals surface area contributed by atoms with Crippen molar-refractivity contribution in [3.63, 3.8) is 0 Å². The third kappa shape index (κ3) is 4.30. The summed E-state index contributed by atoms with van der Waals surface area (Å²) in [6.45, 7) is 1.36. The molecule has 130 valence electrons. The second-order valence-corrected chi connectivity index (χ2v) is 9.74. The van der Waals surface area contributed by atoms with Crippen LogP contribution in [0.3, 0.4) is 0 Å². The van der Waals surface area contributed by atoms with Crippen molar-refractivity contribution in [2.75, 3.05) is 21.5 Å². The van der Waals surface area contributed by atoms with Gasteiger partial charge < -0.3 is 5.32 Å². The van der Waals surface area contributed by atoms with Crippen LogP contribution in [-0.4, -0.2) is 40.2 Å². The summed E-state index contributed by atoms with van der Waals surface area (Å²) in [5.74, 6) is -0.259. The van der Waals surface area contributed by atoms with Gasteiger partial charge in [0, 0.05) is 17.9 Å². The Labute approximate surface area is 144 Å². The molecule has 11 heteroatoms. The average molecular weight is 389 g/mol. The van der Waals surface area contributed by atoms with Gasteiger partial charge >= 0.3 is 0 Å². The van der Waals surface area contributed by atoms with Crippen molar-refractivity contribution < 1.29 is 21.6 Å². The van der Waals surface area contributed by atoms with Gasteiger partial charge in [-0.2, -0.15) is 3.71 Å². The van der Waals surface area contributed by atoms with E-state index < -0.39 is 20.0 Å². The fraction of sp³-hybridized carbons (Fsp3) is 0.231. The monoisotopic (exact) mass is 389 g/mol. The van der Waals surface area contributed by atoms with Gasteiger partial charge in [0.1, 0.15) is 0 Å². The lowest BCUT2D eigenvalue weighted by Gasteiger charge is -2.20. The Balaban J connectivity index is 2.49. The lowest BCUT2D eigenvalue weighted by atomic mass is 10.1. The third-order valence-corrected chi connectivity index (χ3v) is 6.75. The first kappa shape index (κ1) is 18.4. The van der Waals surface area contributed by atoms with Crippen LogP contribution in [0.15, 0.2) is 29.6 Å². The number of nitrogens with one attached hydrogen (secondary N) is 1. The summed E-state index contributed by atoms with van der Waals surface area (Å²) in [7, 11) is -8.03. The molecule has 8 nitrogen and oxygen atoms in total. The topological polar surface area (TPSA) is 114 Å². The number of hydrogen-bond donors (Lipinski definition) is 1. The van der Waals surface area contributed by atoms with E-state index in [1.165, 1.54) is 36.5 Å². The molecule has 0 atom stereocenters. The molecule has 2 rings (SSSR count). The van der Waals surface area contributed by atoms with Gasteiger partial charge in [-0.3, -0.25) is 4.79 Å². The van der Waals surface area contributed by atoms with Gasteiger partial charge in [0.15, 0.2) is 5.13 Å². The predicted molar refractivity (Wildman–Crippen MR) is 94.0 cm³/mol. The molecule has 1 aromatic heterocycles. The summed E-state index contributed by atoms with van der Waals surface area (Å²) in [5, 5.41) is 4.62. The van der Waals surface area contributed by atoms with Crippen LogP contribution < -0.4 is 9.03 Å². The molecule has 0 aliphatic heterocycles. The van der Waals surface area contributed by atoms with Gasteiger partial charge in [-0.05, 0) is 12.1 Å². The summed E-state index contributed by atoms with van der Waals surface area (Å²) in [6, 6.07) is 5.99. The smallest absolute Gasteiger partial charge is 0.245 e. The van der Waals surface area contributed by atoms with Crippen LogP contribution in [0.4, 0.5) is 10.8 Å². The predicted octanol–water partition coefficient (Wildman–Crippen LogP) is 1.49. The van der Waals surface area contributed by atoms with Gasteiger partial charge in [0.2, 0.25) is 26.0 Å². The van der Waals surface area contributed by atoms with Crippen molar-refractivity contribution in [2.24, 2.45) is 0 Å². The minimum absolute atomic E-state index is 0.00780. The maximum atomic E-state index is 11.8. The van der Waals surface area contributed by atoms with Crippen molar-refractivity contribution in [1.29, 1.82) is 0 Å². The Hall–Kier alpha value is -1.98. The highest BCUT2D eigenvalue weighted by Gasteiger charge is 2.27. The average Bonchev–Trinajstić information content (AvgIpc) is 2.83. The number of aromatic nitrogens is 1. The number of carbonyl (C=O) groups is 1. The first-order valence-corrected chi connectivity index (χ1v) is 11.1. The van der Waals surface area contributed by atoms with Crippen molar-refractivity contribution in [1.82, 2.24) is 4.98 Å². The van der Waals surface area contributed by atoms with Gasteiger partial charge in [0.25, 0.3) is 0 Å². The molecule has 1 amide bonds. The maximum absolute atomic E-state index is 11.8. The minimum Gasteiger partial charge on any atom is -0.302 e. The third-order valence-electron chi connectivity index (χ3n) is 2.74. The molecule has 0 unspecified atom stereocenters. The summed E-state index contributed by atoms with van der Waals surface area (Å²) in [5.41, 5.74) is 1.01. The quantitative estimate of drug-likeness (QED) is 0.829. The molecule has 1 aromatic carbocycles. The standard InChI is InChI=1S/C13H15N3O5S3/c1-9(17)14-13-15-12(8-22-13)10-5-4-6-11(7-10)16(23(2,18)19)24(3,20)21/h4-8H,1-3H3,(H,14,15,17). The molecule has 0 aliphatic rings. The second kappa shape index (κ2) is 6.49. The minimum atomic E-state index is -4.01. The van der Waals surface area contributed by atoms with Gasteiger partial charge in [-0.15, -0.1) is 11.3 Å². The fourth-order valence-electron chi connectivity index (χ4n) is 2.02. The van der Waals surface area contributed by atoms with Crippen LogP contribution >= 0.6 is 11.3 Å². The van der Waals surface area contributed by atoms with E-state index in [1.807, 2.05) is 0 Å². The Morgan fingerprint density at radius 1 is 1.17 bits per heavy atom. The lowest BCUT2D eigenvalue weighted by Crippen LogP contribution is -2.35. The van der Waals surface area contributed by atoms with Crippen LogP contribution in [-0.2, 0) is 24.8 Å². The highest BCUT2D eigenvalue weighted by Crippen LogP contribution is 2.29. The maximum Gasteiger partial charge on any atom is 0.245 e. The first-order chi connectivity index (χ1) is 11.0. The number of hydrogen-bond acceptors (Lipinski definition) is 7. The van der Waals surface area contributed by atoms with Crippen molar-refractivity contribution in [3.05, 3.63) is 29.6 Å². The zero-order valence-electron chi connectivity index (χ0n) is 13.0. The van der Waals surface area contributed by atoms with Crippen molar-refractivity contribution in [2.45, 2.75) is 6.92 Å². The molecule has 0 bridgehead atoms. The molecular weight excluding hydrogens is 374 g/mol. The summed E-state index contributed by atoms with van der Waals surface area (Å²) >= 11 is 1.20.